The molecule has 0 unspecified atom stereocenters. The van der Waals surface area contributed by atoms with E-state index in [1.807, 2.05) is 14.0 Å². The van der Waals surface area contributed by atoms with Crippen molar-refractivity contribution in [2.24, 2.45) is 7.05 Å². The highest BCUT2D eigenvalue weighted by Gasteiger charge is 2.02. The zero-order valence-electron chi connectivity index (χ0n) is 9.34. The fourth-order valence-electron chi connectivity index (χ4n) is 1.25. The topological polar surface area (TPSA) is 68.5 Å². The Kier molecular flexibility index (Phi) is 3.45. The van der Waals surface area contributed by atoms with E-state index in [1.165, 1.54) is 11.5 Å². The van der Waals surface area contributed by atoms with Gasteiger partial charge < -0.3 is 5.32 Å². The third-order valence-electron chi connectivity index (χ3n) is 2.06. The van der Waals surface area contributed by atoms with Crippen molar-refractivity contribution in [2.75, 3.05) is 11.9 Å². The monoisotopic (exact) mass is 238 g/mol. The van der Waals surface area contributed by atoms with Gasteiger partial charge in [-0.2, -0.15) is 9.47 Å². The molecule has 0 aliphatic heterocycles. The Hall–Kier alpha value is -1.50. The second kappa shape index (κ2) is 5.02. The van der Waals surface area contributed by atoms with Gasteiger partial charge in [-0.1, -0.05) is 6.92 Å². The summed E-state index contributed by atoms with van der Waals surface area (Å²) in [5.74, 6) is 1.73. The van der Waals surface area contributed by atoms with Gasteiger partial charge in [0, 0.05) is 38.0 Å². The summed E-state index contributed by atoms with van der Waals surface area (Å²) < 4.78 is 5.90. The van der Waals surface area contributed by atoms with Crippen molar-refractivity contribution in [1.29, 1.82) is 0 Å². The molecule has 2 aromatic heterocycles. The first kappa shape index (κ1) is 11.0. The Morgan fingerprint density at radius 1 is 1.44 bits per heavy atom. The summed E-state index contributed by atoms with van der Waals surface area (Å²) in [5.41, 5.74) is 0. The van der Waals surface area contributed by atoms with Gasteiger partial charge in [-0.05, 0) is 0 Å². The van der Waals surface area contributed by atoms with Crippen LogP contribution in [0.3, 0.4) is 0 Å². The van der Waals surface area contributed by atoms with Gasteiger partial charge in [0.15, 0.2) is 5.82 Å². The summed E-state index contributed by atoms with van der Waals surface area (Å²) in [6, 6.07) is 0. The summed E-state index contributed by atoms with van der Waals surface area (Å²) in [4.78, 5) is 8.46. The van der Waals surface area contributed by atoms with E-state index in [-0.39, 0.29) is 0 Å². The molecule has 0 bridgehead atoms. The number of aryl methyl sites for hydroxylation is 2. The molecule has 0 radical (unpaired) electrons. The molecule has 0 aliphatic carbocycles. The molecule has 0 atom stereocenters. The molecule has 0 aliphatic rings. The lowest BCUT2D eigenvalue weighted by Crippen LogP contribution is -2.06. The predicted octanol–water partition coefficient (Wildman–Crippen LogP) is 0.884. The van der Waals surface area contributed by atoms with E-state index in [1.54, 1.807) is 11.0 Å². The minimum absolute atomic E-state index is 0.780. The maximum atomic E-state index is 4.32. The van der Waals surface area contributed by atoms with Crippen molar-refractivity contribution in [2.45, 2.75) is 19.8 Å². The molecular formula is C9H14N6S. The zero-order chi connectivity index (χ0) is 11.4. The maximum Gasteiger partial charge on any atom is 0.202 e. The molecule has 0 spiro atoms. The molecule has 0 amide bonds. The molecule has 7 heteroatoms. The lowest BCUT2D eigenvalue weighted by Gasteiger charge is -1.98. The highest BCUT2D eigenvalue weighted by Crippen LogP contribution is 2.10. The molecule has 86 valence electrons. The number of nitrogens with one attached hydrogen (secondary N) is 1. The van der Waals surface area contributed by atoms with Crippen LogP contribution in [0.2, 0.25) is 0 Å². The summed E-state index contributed by atoms with van der Waals surface area (Å²) >= 11 is 1.40. The molecule has 2 heterocycles. The second-order valence-corrected chi connectivity index (χ2v) is 4.13. The quantitative estimate of drug-likeness (QED) is 0.837. The van der Waals surface area contributed by atoms with E-state index in [0.717, 1.165) is 36.2 Å². The lowest BCUT2D eigenvalue weighted by atomic mass is 10.4. The summed E-state index contributed by atoms with van der Waals surface area (Å²) in [6.45, 7) is 2.83. The van der Waals surface area contributed by atoms with Gasteiger partial charge >= 0.3 is 0 Å². The third kappa shape index (κ3) is 2.75. The molecule has 0 fully saturated rings. The number of hydrogen-bond donors (Lipinski definition) is 1. The van der Waals surface area contributed by atoms with Crippen LogP contribution in [0.1, 0.15) is 18.6 Å². The number of aromatic nitrogens is 5. The van der Waals surface area contributed by atoms with Crippen LogP contribution in [-0.2, 0) is 19.9 Å². The zero-order valence-corrected chi connectivity index (χ0v) is 10.2. The molecular weight excluding hydrogens is 224 g/mol. The number of anilines is 1. The Morgan fingerprint density at radius 3 is 2.94 bits per heavy atom. The average molecular weight is 238 g/mol. The van der Waals surface area contributed by atoms with E-state index >= 15 is 0 Å². The van der Waals surface area contributed by atoms with Crippen molar-refractivity contribution in [3.8, 4) is 0 Å². The predicted molar refractivity (Wildman–Crippen MR) is 62.5 cm³/mol. The van der Waals surface area contributed by atoms with Crippen LogP contribution in [0.25, 0.3) is 0 Å². The van der Waals surface area contributed by atoms with Crippen LogP contribution in [-0.4, -0.2) is 30.7 Å². The molecule has 6 nitrogen and oxygen atoms in total. The van der Waals surface area contributed by atoms with E-state index in [9.17, 15) is 0 Å². The van der Waals surface area contributed by atoms with Crippen LogP contribution < -0.4 is 5.32 Å². The number of hydrogen-bond acceptors (Lipinski definition) is 6. The third-order valence-corrected chi connectivity index (χ3v) is 2.77. The molecule has 2 rings (SSSR count). The first-order valence-electron chi connectivity index (χ1n) is 5.19. The second-order valence-electron chi connectivity index (χ2n) is 3.38. The largest absolute Gasteiger partial charge is 0.360 e. The van der Waals surface area contributed by atoms with Crippen molar-refractivity contribution in [3.63, 3.8) is 0 Å². The SMILES string of the molecule is CCc1nsc(NCCc2ncn(C)n2)n1. The molecule has 16 heavy (non-hydrogen) atoms. The van der Waals surface area contributed by atoms with Gasteiger partial charge in [0.2, 0.25) is 5.13 Å². The smallest absolute Gasteiger partial charge is 0.202 e. The van der Waals surface area contributed by atoms with E-state index in [0.29, 0.717) is 0 Å². The van der Waals surface area contributed by atoms with Crippen LogP contribution >= 0.6 is 11.5 Å². The average Bonchev–Trinajstić information content (AvgIpc) is 2.88. The van der Waals surface area contributed by atoms with Crippen molar-refractivity contribution >= 4 is 16.7 Å². The normalized spacial score (nSPS) is 10.6. The molecule has 0 saturated heterocycles. The standard InChI is InChI=1S/C9H14N6S/c1-3-7-12-9(16-14-7)10-5-4-8-11-6-15(2)13-8/h6H,3-5H2,1-2H3,(H,10,12,14). The van der Waals surface area contributed by atoms with Crippen molar-refractivity contribution in [3.05, 3.63) is 18.0 Å². The van der Waals surface area contributed by atoms with Gasteiger partial charge in [0.1, 0.15) is 12.2 Å². The Balaban J connectivity index is 1.79. The van der Waals surface area contributed by atoms with Gasteiger partial charge in [-0.15, -0.1) is 0 Å². The van der Waals surface area contributed by atoms with Crippen LogP contribution in [0.5, 0.6) is 0 Å². The van der Waals surface area contributed by atoms with Crippen LogP contribution in [0.15, 0.2) is 6.33 Å². The maximum absolute atomic E-state index is 4.32. The Bertz CT molecular complexity index is 448. The van der Waals surface area contributed by atoms with Crippen LogP contribution in [0.4, 0.5) is 5.13 Å². The lowest BCUT2D eigenvalue weighted by molar-refractivity contribution is 0.742. The van der Waals surface area contributed by atoms with Gasteiger partial charge in [0.05, 0.1) is 0 Å². The minimum atomic E-state index is 0.780. The highest BCUT2D eigenvalue weighted by molar-refractivity contribution is 7.09. The number of nitrogens with zero attached hydrogens (tertiary/aromatic N) is 5. The van der Waals surface area contributed by atoms with Gasteiger partial charge in [-0.25, -0.2) is 9.97 Å². The Labute approximate surface area is 97.9 Å². The van der Waals surface area contributed by atoms with E-state index in [4.69, 9.17) is 0 Å². The van der Waals surface area contributed by atoms with E-state index in [2.05, 4.69) is 24.8 Å². The molecule has 1 N–H and O–H groups in total. The fraction of sp³-hybridized carbons (Fsp3) is 0.556. The summed E-state index contributed by atoms with van der Waals surface area (Å²) in [6.07, 6.45) is 3.37. The fourth-order valence-corrected chi connectivity index (χ4v) is 1.92. The van der Waals surface area contributed by atoms with Crippen LogP contribution in [0, 0.1) is 0 Å². The van der Waals surface area contributed by atoms with E-state index < -0.39 is 0 Å². The first-order valence-corrected chi connectivity index (χ1v) is 5.96. The highest BCUT2D eigenvalue weighted by atomic mass is 32.1. The summed E-state index contributed by atoms with van der Waals surface area (Å²) in [5, 5.41) is 8.28. The molecule has 0 saturated carbocycles. The van der Waals surface area contributed by atoms with Crippen molar-refractivity contribution < 1.29 is 0 Å². The molecule has 2 aromatic rings. The first-order chi connectivity index (χ1) is 7.78. The Morgan fingerprint density at radius 2 is 2.31 bits per heavy atom. The van der Waals surface area contributed by atoms with Gasteiger partial charge in [0.25, 0.3) is 0 Å². The molecule has 0 aromatic carbocycles. The minimum Gasteiger partial charge on any atom is -0.360 e. The number of rotatable bonds is 5. The van der Waals surface area contributed by atoms with Gasteiger partial charge in [-0.3, -0.25) is 4.68 Å². The van der Waals surface area contributed by atoms with Crippen molar-refractivity contribution in [1.82, 2.24) is 24.1 Å². The summed E-state index contributed by atoms with van der Waals surface area (Å²) in [7, 11) is 1.86.